The molecule has 0 aromatic carbocycles. The fourth-order valence-corrected chi connectivity index (χ4v) is 4.05. The second-order valence-corrected chi connectivity index (χ2v) is 7.19. The van der Waals surface area contributed by atoms with Gasteiger partial charge in [0.25, 0.3) is 0 Å². The summed E-state index contributed by atoms with van der Waals surface area (Å²) in [7, 11) is 1.92. The summed E-state index contributed by atoms with van der Waals surface area (Å²) in [5.74, 6) is 0.444. The van der Waals surface area contributed by atoms with Crippen LogP contribution in [0.2, 0.25) is 0 Å². The van der Waals surface area contributed by atoms with Gasteiger partial charge in [-0.2, -0.15) is 0 Å². The predicted octanol–water partition coefficient (Wildman–Crippen LogP) is 3.15. The predicted molar refractivity (Wildman–Crippen MR) is 85.2 cm³/mol. The topological polar surface area (TPSA) is 52.6 Å². The Morgan fingerprint density at radius 3 is 2.38 bits per heavy atom. The number of aliphatic hydroxyl groups excluding tert-OH is 1. The molecule has 0 unspecified atom stereocenters. The largest absolute Gasteiger partial charge is 0.396 e. The van der Waals surface area contributed by atoms with Crippen molar-refractivity contribution in [1.82, 2.24) is 10.2 Å². The first-order valence-electron chi connectivity index (χ1n) is 8.72. The molecule has 0 aromatic rings. The minimum Gasteiger partial charge on any atom is -0.396 e. The second-order valence-electron chi connectivity index (χ2n) is 7.19. The molecule has 2 N–H and O–H groups in total. The van der Waals surface area contributed by atoms with Crippen molar-refractivity contribution in [3.8, 4) is 0 Å². The Bertz CT molecular complexity index is 332. The molecular weight excluding hydrogens is 264 g/mol. The standard InChI is InChI=1S/C17H32N2O2/c1-3-17(10-4-5-11-17)13-18-16(21)19(2)15-8-6-14(12-20)7-9-15/h14-15,20H,3-13H2,1-2H3,(H,18,21). The van der Waals surface area contributed by atoms with Crippen LogP contribution < -0.4 is 5.32 Å². The lowest BCUT2D eigenvalue weighted by molar-refractivity contribution is 0.131. The molecule has 21 heavy (non-hydrogen) atoms. The van der Waals surface area contributed by atoms with Crippen LogP contribution >= 0.6 is 0 Å². The maximum atomic E-state index is 12.4. The van der Waals surface area contributed by atoms with E-state index in [1.54, 1.807) is 0 Å². The van der Waals surface area contributed by atoms with E-state index < -0.39 is 0 Å². The van der Waals surface area contributed by atoms with Gasteiger partial charge in [-0.25, -0.2) is 4.79 Å². The number of urea groups is 1. The Morgan fingerprint density at radius 1 is 1.24 bits per heavy atom. The van der Waals surface area contributed by atoms with Crippen LogP contribution in [0.1, 0.15) is 64.7 Å². The maximum absolute atomic E-state index is 12.4. The zero-order valence-corrected chi connectivity index (χ0v) is 13.7. The summed E-state index contributed by atoms with van der Waals surface area (Å²) in [4.78, 5) is 14.3. The van der Waals surface area contributed by atoms with Crippen LogP contribution in [-0.4, -0.2) is 42.3 Å². The van der Waals surface area contributed by atoms with E-state index in [2.05, 4.69) is 12.2 Å². The third-order valence-electron chi connectivity index (χ3n) is 5.97. The molecule has 0 heterocycles. The van der Waals surface area contributed by atoms with Gasteiger partial charge in [0.2, 0.25) is 0 Å². The second kappa shape index (κ2) is 7.48. The molecule has 2 amide bonds. The number of carbonyl (C=O) groups excluding carboxylic acids is 1. The third-order valence-corrected chi connectivity index (χ3v) is 5.97. The molecule has 2 aliphatic rings. The number of amides is 2. The van der Waals surface area contributed by atoms with E-state index in [1.807, 2.05) is 11.9 Å². The van der Waals surface area contributed by atoms with E-state index in [9.17, 15) is 9.90 Å². The number of hydrogen-bond acceptors (Lipinski definition) is 2. The summed E-state index contributed by atoms with van der Waals surface area (Å²) in [6.45, 7) is 3.37. The van der Waals surface area contributed by atoms with Gasteiger partial charge < -0.3 is 15.3 Å². The van der Waals surface area contributed by atoms with Crippen molar-refractivity contribution < 1.29 is 9.90 Å². The van der Waals surface area contributed by atoms with E-state index in [4.69, 9.17) is 0 Å². The van der Waals surface area contributed by atoms with Crippen molar-refractivity contribution in [2.45, 2.75) is 70.8 Å². The number of nitrogens with zero attached hydrogens (tertiary/aromatic N) is 1. The average Bonchev–Trinajstić information content (AvgIpc) is 3.01. The number of nitrogens with one attached hydrogen (secondary N) is 1. The van der Waals surface area contributed by atoms with E-state index in [0.717, 1.165) is 32.2 Å². The van der Waals surface area contributed by atoms with E-state index >= 15 is 0 Å². The van der Waals surface area contributed by atoms with Gasteiger partial charge in [0.05, 0.1) is 0 Å². The van der Waals surface area contributed by atoms with Crippen LogP contribution in [0.25, 0.3) is 0 Å². The summed E-state index contributed by atoms with van der Waals surface area (Å²) < 4.78 is 0. The van der Waals surface area contributed by atoms with Crippen molar-refractivity contribution in [2.75, 3.05) is 20.2 Å². The summed E-state index contributed by atoms with van der Waals surface area (Å²) in [6, 6.07) is 0.427. The van der Waals surface area contributed by atoms with Crippen LogP contribution in [0, 0.1) is 11.3 Å². The van der Waals surface area contributed by atoms with Gasteiger partial charge in [-0.05, 0) is 56.3 Å². The monoisotopic (exact) mass is 296 g/mol. The molecule has 0 aromatic heterocycles. The van der Waals surface area contributed by atoms with Crippen LogP contribution in [0.5, 0.6) is 0 Å². The molecule has 0 radical (unpaired) electrons. The fourth-order valence-electron chi connectivity index (χ4n) is 4.05. The maximum Gasteiger partial charge on any atom is 0.317 e. The van der Waals surface area contributed by atoms with Crippen molar-refractivity contribution in [3.63, 3.8) is 0 Å². The molecule has 2 rings (SSSR count). The molecular formula is C17H32N2O2. The lowest BCUT2D eigenvalue weighted by Gasteiger charge is -2.35. The van der Waals surface area contributed by atoms with Crippen molar-refractivity contribution in [1.29, 1.82) is 0 Å². The van der Waals surface area contributed by atoms with Gasteiger partial charge in [0.1, 0.15) is 0 Å². The van der Waals surface area contributed by atoms with Crippen LogP contribution in [0.3, 0.4) is 0 Å². The molecule has 2 saturated carbocycles. The zero-order valence-electron chi connectivity index (χ0n) is 13.7. The first-order chi connectivity index (χ1) is 10.1. The first-order valence-corrected chi connectivity index (χ1v) is 8.72. The Hall–Kier alpha value is -0.770. The molecule has 0 bridgehead atoms. The SMILES string of the molecule is CCC1(CNC(=O)N(C)C2CCC(CO)CC2)CCCC1. The molecule has 4 heteroatoms. The lowest BCUT2D eigenvalue weighted by atomic mass is 9.83. The summed E-state index contributed by atoms with van der Waals surface area (Å²) in [6.07, 6.45) is 10.4. The minimum absolute atomic E-state index is 0.0853. The third kappa shape index (κ3) is 4.12. The molecule has 4 nitrogen and oxygen atoms in total. The van der Waals surface area contributed by atoms with Gasteiger partial charge in [-0.1, -0.05) is 19.8 Å². The highest BCUT2D eigenvalue weighted by Crippen LogP contribution is 2.40. The molecule has 0 atom stereocenters. The highest BCUT2D eigenvalue weighted by Gasteiger charge is 2.33. The number of rotatable bonds is 5. The molecule has 2 fully saturated rings. The van der Waals surface area contributed by atoms with E-state index in [1.165, 1.54) is 32.1 Å². The molecule has 0 saturated heterocycles. The summed E-state index contributed by atoms with van der Waals surface area (Å²) in [5.41, 5.74) is 0.352. The summed E-state index contributed by atoms with van der Waals surface area (Å²) in [5, 5.41) is 12.4. The number of aliphatic hydroxyl groups is 1. The Balaban J connectivity index is 1.77. The molecule has 2 aliphatic carbocycles. The minimum atomic E-state index is 0.0853. The Kier molecular flexibility index (Phi) is 5.91. The quantitative estimate of drug-likeness (QED) is 0.819. The van der Waals surface area contributed by atoms with Gasteiger partial charge >= 0.3 is 6.03 Å². The Morgan fingerprint density at radius 2 is 1.86 bits per heavy atom. The number of hydrogen-bond donors (Lipinski definition) is 2. The van der Waals surface area contributed by atoms with Crippen molar-refractivity contribution in [3.05, 3.63) is 0 Å². The number of carbonyl (C=O) groups is 1. The van der Waals surface area contributed by atoms with E-state index in [-0.39, 0.29) is 6.03 Å². The highest BCUT2D eigenvalue weighted by atomic mass is 16.3. The molecule has 122 valence electrons. The lowest BCUT2D eigenvalue weighted by Crippen LogP contribution is -2.47. The van der Waals surface area contributed by atoms with Crippen LogP contribution in [0.4, 0.5) is 4.79 Å². The van der Waals surface area contributed by atoms with E-state index in [0.29, 0.717) is 24.0 Å². The summed E-state index contributed by atoms with van der Waals surface area (Å²) >= 11 is 0. The van der Waals surface area contributed by atoms with Gasteiger partial charge in [0, 0.05) is 26.2 Å². The van der Waals surface area contributed by atoms with Crippen molar-refractivity contribution >= 4 is 6.03 Å². The van der Waals surface area contributed by atoms with Gasteiger partial charge in [-0.3, -0.25) is 0 Å². The van der Waals surface area contributed by atoms with Gasteiger partial charge in [0.15, 0.2) is 0 Å². The smallest absolute Gasteiger partial charge is 0.317 e. The van der Waals surface area contributed by atoms with Crippen LogP contribution in [-0.2, 0) is 0 Å². The highest BCUT2D eigenvalue weighted by molar-refractivity contribution is 5.74. The van der Waals surface area contributed by atoms with Crippen LogP contribution in [0.15, 0.2) is 0 Å². The van der Waals surface area contributed by atoms with Crippen molar-refractivity contribution in [2.24, 2.45) is 11.3 Å². The van der Waals surface area contributed by atoms with Gasteiger partial charge in [-0.15, -0.1) is 0 Å². The average molecular weight is 296 g/mol. The Labute approximate surface area is 129 Å². The zero-order chi connectivity index (χ0) is 15.3. The fraction of sp³-hybridized carbons (Fsp3) is 0.941. The normalized spacial score (nSPS) is 28.3. The molecule has 0 spiro atoms. The first kappa shape index (κ1) is 16.6. The molecule has 0 aliphatic heterocycles.